The number of aryl methyl sites for hydroxylation is 1. The molecule has 1 aliphatic rings. The number of sulfone groups is 1. The number of halogens is 1. The van der Waals surface area contributed by atoms with Crippen LogP contribution in [0.2, 0.25) is 5.15 Å². The van der Waals surface area contributed by atoms with Gasteiger partial charge in [-0.05, 0) is 55.4 Å². The third kappa shape index (κ3) is 5.14. The highest BCUT2D eigenvalue weighted by molar-refractivity contribution is 7.89. The summed E-state index contributed by atoms with van der Waals surface area (Å²) in [4.78, 5) is 8.67. The summed E-state index contributed by atoms with van der Waals surface area (Å²) in [7, 11) is -1.57. The molecule has 1 aliphatic carbocycles. The van der Waals surface area contributed by atoms with Gasteiger partial charge < -0.3 is 10.1 Å². The number of methoxy groups -OCH3 is 1. The molecule has 0 saturated carbocycles. The molecule has 0 bridgehead atoms. The number of nitrogens with zero attached hydrogens (tertiary/aromatic N) is 2. The molecule has 8 heteroatoms. The molecule has 0 radical (unpaired) electrons. The summed E-state index contributed by atoms with van der Waals surface area (Å²) in [5, 5.41) is 3.83. The van der Waals surface area contributed by atoms with Crippen LogP contribution < -0.4 is 10.1 Å². The van der Waals surface area contributed by atoms with E-state index in [1.54, 1.807) is 7.11 Å². The van der Waals surface area contributed by atoms with Crippen molar-refractivity contribution in [3.63, 3.8) is 0 Å². The van der Waals surface area contributed by atoms with Gasteiger partial charge in [0, 0.05) is 17.9 Å². The summed E-state index contributed by atoms with van der Waals surface area (Å²) in [5.41, 5.74) is 3.43. The average Bonchev–Trinajstić information content (AvgIpc) is 2.81. The first-order valence-corrected chi connectivity index (χ1v) is 11.9. The molecule has 0 spiro atoms. The molecule has 1 atom stereocenters. The molecule has 1 aromatic heterocycles. The average molecular weight is 424 g/mol. The van der Waals surface area contributed by atoms with Gasteiger partial charge in [0.05, 0.1) is 7.11 Å². The highest BCUT2D eigenvalue weighted by atomic mass is 35.5. The molecule has 1 aromatic carbocycles. The second kappa shape index (κ2) is 8.66. The van der Waals surface area contributed by atoms with E-state index in [0.717, 1.165) is 37.0 Å². The van der Waals surface area contributed by atoms with Crippen molar-refractivity contribution < 1.29 is 13.2 Å². The van der Waals surface area contributed by atoms with Gasteiger partial charge in [-0.3, -0.25) is 0 Å². The molecular formula is C20H26ClN3O3S. The lowest BCUT2D eigenvalue weighted by Gasteiger charge is -2.20. The van der Waals surface area contributed by atoms with Crippen LogP contribution in [0.5, 0.6) is 5.75 Å². The highest BCUT2D eigenvalue weighted by Gasteiger charge is 2.21. The maximum atomic E-state index is 11.7. The zero-order chi connectivity index (χ0) is 20.3. The fourth-order valence-electron chi connectivity index (χ4n) is 3.62. The van der Waals surface area contributed by atoms with Crippen molar-refractivity contribution in [1.82, 2.24) is 9.97 Å². The Hall–Kier alpha value is -1.86. The Morgan fingerprint density at radius 2 is 2.07 bits per heavy atom. The lowest BCUT2D eigenvalue weighted by molar-refractivity contribution is 0.414. The molecule has 28 heavy (non-hydrogen) atoms. The predicted octanol–water partition coefficient (Wildman–Crippen LogP) is 3.61. The van der Waals surface area contributed by atoms with Gasteiger partial charge >= 0.3 is 0 Å². The van der Waals surface area contributed by atoms with E-state index >= 15 is 0 Å². The fourth-order valence-corrected chi connectivity index (χ4v) is 4.54. The summed E-state index contributed by atoms with van der Waals surface area (Å²) in [6, 6.07) is 6.41. The fraction of sp³-hybridized carbons (Fsp3) is 0.500. The highest BCUT2D eigenvalue weighted by Crippen LogP contribution is 2.28. The van der Waals surface area contributed by atoms with Crippen LogP contribution in [0.3, 0.4) is 0 Å². The molecule has 0 amide bonds. The minimum atomic E-state index is -3.24. The lowest BCUT2D eigenvalue weighted by atomic mass is 10.0. The molecule has 6 nitrogen and oxygen atoms in total. The maximum Gasteiger partial charge on any atom is 0.154 e. The van der Waals surface area contributed by atoms with Crippen LogP contribution in [0.15, 0.2) is 18.2 Å². The van der Waals surface area contributed by atoms with Gasteiger partial charge in [0.25, 0.3) is 0 Å². The van der Waals surface area contributed by atoms with Gasteiger partial charge in [-0.25, -0.2) is 18.4 Å². The van der Waals surface area contributed by atoms with E-state index in [1.807, 2.05) is 13.0 Å². The number of anilines is 1. The monoisotopic (exact) mass is 423 g/mol. The molecule has 1 unspecified atom stereocenters. The Morgan fingerprint density at radius 3 is 2.75 bits per heavy atom. The van der Waals surface area contributed by atoms with E-state index < -0.39 is 9.84 Å². The summed E-state index contributed by atoms with van der Waals surface area (Å²) >= 11 is 6.33. The van der Waals surface area contributed by atoms with Crippen LogP contribution in [0.4, 0.5) is 5.82 Å². The molecule has 0 fully saturated rings. The Bertz CT molecular complexity index is 963. The van der Waals surface area contributed by atoms with E-state index in [4.69, 9.17) is 16.3 Å². The SMILES string of the molecule is CCc1c(Cl)nc(CS(C)(=O)=O)nc1NC1CCCc2ccc(OC)cc2C1. The van der Waals surface area contributed by atoms with Crippen molar-refractivity contribution in [1.29, 1.82) is 0 Å². The summed E-state index contributed by atoms with van der Waals surface area (Å²) in [5.74, 6) is 1.49. The molecule has 1 N–H and O–H groups in total. The zero-order valence-electron chi connectivity index (χ0n) is 16.5. The van der Waals surface area contributed by atoms with Crippen LogP contribution in [0.1, 0.15) is 42.3 Å². The molecular weight excluding hydrogens is 398 g/mol. The van der Waals surface area contributed by atoms with Crippen LogP contribution >= 0.6 is 11.6 Å². The first kappa shape index (κ1) is 20.9. The second-order valence-electron chi connectivity index (χ2n) is 7.25. The summed E-state index contributed by atoms with van der Waals surface area (Å²) in [6.45, 7) is 1.99. The number of hydrogen-bond acceptors (Lipinski definition) is 6. The normalized spacial score (nSPS) is 16.9. The quantitative estimate of drug-likeness (QED) is 0.564. The number of benzene rings is 1. The zero-order valence-corrected chi connectivity index (χ0v) is 18.0. The largest absolute Gasteiger partial charge is 0.497 e. The van der Waals surface area contributed by atoms with Crippen molar-refractivity contribution >= 4 is 27.3 Å². The van der Waals surface area contributed by atoms with Gasteiger partial charge in [0.1, 0.15) is 28.3 Å². The van der Waals surface area contributed by atoms with E-state index in [9.17, 15) is 8.42 Å². The smallest absolute Gasteiger partial charge is 0.154 e. The van der Waals surface area contributed by atoms with Gasteiger partial charge in [0.2, 0.25) is 0 Å². The molecule has 0 aliphatic heterocycles. The molecule has 152 valence electrons. The number of fused-ring (bicyclic) bond motifs is 1. The summed E-state index contributed by atoms with van der Waals surface area (Å²) in [6.07, 6.45) is 5.76. The molecule has 3 rings (SSSR count). The Balaban J connectivity index is 1.89. The van der Waals surface area contributed by atoms with Gasteiger partial charge in [-0.2, -0.15) is 0 Å². The van der Waals surface area contributed by atoms with Crippen molar-refractivity contribution in [2.75, 3.05) is 18.7 Å². The Morgan fingerprint density at radius 1 is 1.29 bits per heavy atom. The van der Waals surface area contributed by atoms with E-state index in [-0.39, 0.29) is 17.6 Å². The van der Waals surface area contributed by atoms with Crippen molar-refractivity contribution in [2.24, 2.45) is 0 Å². The molecule has 2 aromatic rings. The van der Waals surface area contributed by atoms with Gasteiger partial charge in [-0.15, -0.1) is 0 Å². The Labute approximate surface area is 171 Å². The van der Waals surface area contributed by atoms with Gasteiger partial charge in [-0.1, -0.05) is 24.6 Å². The first-order chi connectivity index (χ1) is 13.3. The van der Waals surface area contributed by atoms with Gasteiger partial charge in [0.15, 0.2) is 9.84 Å². The number of aromatic nitrogens is 2. The maximum absolute atomic E-state index is 11.7. The minimum absolute atomic E-state index is 0.177. The second-order valence-corrected chi connectivity index (χ2v) is 9.75. The predicted molar refractivity (Wildman–Crippen MR) is 112 cm³/mol. The van der Waals surface area contributed by atoms with E-state index in [2.05, 4.69) is 27.4 Å². The Kier molecular flexibility index (Phi) is 6.45. The molecule has 1 heterocycles. The van der Waals surface area contributed by atoms with E-state index in [1.165, 1.54) is 17.4 Å². The first-order valence-electron chi connectivity index (χ1n) is 9.44. The van der Waals surface area contributed by atoms with E-state index in [0.29, 0.717) is 17.4 Å². The van der Waals surface area contributed by atoms with Crippen LogP contribution in [0, 0.1) is 0 Å². The van der Waals surface area contributed by atoms with Crippen LogP contribution in [0.25, 0.3) is 0 Å². The van der Waals surface area contributed by atoms with Crippen molar-refractivity contribution in [3.05, 3.63) is 45.9 Å². The standard InChI is InChI=1S/C20H26ClN3O3S/c1-4-17-19(21)23-18(12-28(3,25)26)24-20(17)22-15-7-5-6-13-8-9-16(27-2)11-14(13)10-15/h8-9,11,15H,4-7,10,12H2,1-3H3,(H,22,23,24). The summed E-state index contributed by atoms with van der Waals surface area (Å²) < 4.78 is 28.7. The molecule has 0 saturated heterocycles. The number of nitrogens with one attached hydrogen (secondary N) is 1. The van der Waals surface area contributed by atoms with Crippen molar-refractivity contribution in [2.45, 2.75) is 50.8 Å². The third-order valence-electron chi connectivity index (χ3n) is 4.97. The number of rotatable bonds is 6. The third-order valence-corrected chi connectivity index (χ3v) is 6.06. The topological polar surface area (TPSA) is 81.2 Å². The number of ether oxygens (including phenoxy) is 1. The van der Waals surface area contributed by atoms with Crippen molar-refractivity contribution in [3.8, 4) is 5.75 Å². The minimum Gasteiger partial charge on any atom is -0.497 e. The van der Waals surface area contributed by atoms with Crippen LogP contribution in [-0.4, -0.2) is 37.8 Å². The van der Waals surface area contributed by atoms with Crippen LogP contribution in [-0.2, 0) is 34.9 Å². The number of hydrogen-bond donors (Lipinski definition) is 1. The lowest BCUT2D eigenvalue weighted by Crippen LogP contribution is -2.24.